The Morgan fingerprint density at radius 3 is 1.53 bits per heavy atom. The molecular weight excluding hydrogens is 544 g/mol. The summed E-state index contributed by atoms with van der Waals surface area (Å²) in [4.78, 5) is 0. The first-order valence-electron chi connectivity index (χ1n) is 16.1. The van der Waals surface area contributed by atoms with Gasteiger partial charge < -0.3 is 9.13 Å². The number of fused-ring (bicyclic) bond motifs is 10. The molecule has 9 aromatic rings. The molecule has 0 N–H and O–H groups in total. The van der Waals surface area contributed by atoms with E-state index in [1.165, 1.54) is 93.0 Å². The summed E-state index contributed by atoms with van der Waals surface area (Å²) in [7, 11) is 0. The first-order valence-corrected chi connectivity index (χ1v) is 16.1. The number of aryl methyl sites for hydroxylation is 3. The standard InChI is InChI=1S/C43H34N2/c1-4-44-39-15-8-6-12-33(39)35-23-21-28-17-19-30(25-37(28)42(35)44)32-14-10-11-27(3)41(32)31-20-18-29-22-24-36-34-13-7-9-16-40(34)45(5-2)43(36)38(29)26-31/h6-26H,4-5H2,1-3H3. The van der Waals surface area contributed by atoms with Crippen molar-refractivity contribution in [1.29, 1.82) is 0 Å². The number of benzene rings is 7. The van der Waals surface area contributed by atoms with Crippen LogP contribution in [0.15, 0.2) is 127 Å². The first kappa shape index (κ1) is 26.1. The summed E-state index contributed by atoms with van der Waals surface area (Å²) in [5, 5.41) is 10.5. The molecule has 0 aliphatic carbocycles. The summed E-state index contributed by atoms with van der Waals surface area (Å²) in [5.74, 6) is 0. The maximum Gasteiger partial charge on any atom is 0.0571 e. The Balaban J connectivity index is 1.31. The van der Waals surface area contributed by atoms with Gasteiger partial charge in [0.25, 0.3) is 0 Å². The summed E-state index contributed by atoms with van der Waals surface area (Å²) >= 11 is 0. The van der Waals surface area contributed by atoms with Crippen molar-refractivity contribution in [1.82, 2.24) is 9.13 Å². The lowest BCUT2D eigenvalue weighted by Gasteiger charge is -2.16. The molecule has 0 spiro atoms. The Morgan fingerprint density at radius 1 is 0.444 bits per heavy atom. The van der Waals surface area contributed by atoms with E-state index in [1.54, 1.807) is 0 Å². The Hall–Kier alpha value is -5.34. The minimum atomic E-state index is 0.934. The lowest BCUT2D eigenvalue weighted by molar-refractivity contribution is 0.829. The van der Waals surface area contributed by atoms with E-state index in [4.69, 9.17) is 0 Å². The van der Waals surface area contributed by atoms with E-state index in [1.807, 2.05) is 0 Å². The van der Waals surface area contributed by atoms with Gasteiger partial charge in [-0.05, 0) is 83.6 Å². The SMILES string of the molecule is CCn1c2ccccc2c2ccc3ccc(-c4cccc(C)c4-c4ccc5ccc6c7ccccc7n(CC)c6c5c4)cc3c21. The fraction of sp³-hybridized carbons (Fsp3) is 0.116. The van der Waals surface area contributed by atoms with Crippen LogP contribution in [0.4, 0.5) is 0 Å². The largest absolute Gasteiger partial charge is 0.340 e. The third-order valence-corrected chi connectivity index (χ3v) is 10.0. The van der Waals surface area contributed by atoms with Gasteiger partial charge in [-0.3, -0.25) is 0 Å². The molecule has 9 rings (SSSR count). The first-order chi connectivity index (χ1) is 22.2. The molecule has 2 aromatic heterocycles. The predicted molar refractivity (Wildman–Crippen MR) is 194 cm³/mol. The minimum Gasteiger partial charge on any atom is -0.340 e. The molecule has 0 aliphatic rings. The molecule has 7 aromatic carbocycles. The molecule has 0 amide bonds. The molecule has 45 heavy (non-hydrogen) atoms. The van der Waals surface area contributed by atoms with Gasteiger partial charge in [0.1, 0.15) is 0 Å². The summed E-state index contributed by atoms with van der Waals surface area (Å²) in [5.41, 5.74) is 11.6. The van der Waals surface area contributed by atoms with Gasteiger partial charge in [0.2, 0.25) is 0 Å². The zero-order valence-electron chi connectivity index (χ0n) is 25.9. The van der Waals surface area contributed by atoms with Crippen molar-refractivity contribution in [3.05, 3.63) is 133 Å². The topological polar surface area (TPSA) is 9.86 Å². The van der Waals surface area contributed by atoms with Crippen LogP contribution in [0, 0.1) is 6.92 Å². The Morgan fingerprint density at radius 2 is 0.956 bits per heavy atom. The molecule has 2 heteroatoms. The van der Waals surface area contributed by atoms with Gasteiger partial charge in [-0.15, -0.1) is 0 Å². The highest BCUT2D eigenvalue weighted by atomic mass is 15.0. The maximum absolute atomic E-state index is 2.48. The number of hydrogen-bond donors (Lipinski definition) is 0. The zero-order chi connectivity index (χ0) is 30.2. The van der Waals surface area contributed by atoms with Crippen LogP contribution >= 0.6 is 0 Å². The quantitative estimate of drug-likeness (QED) is 0.197. The maximum atomic E-state index is 2.48. The Kier molecular flexibility index (Phi) is 5.70. The smallest absolute Gasteiger partial charge is 0.0571 e. The third-order valence-electron chi connectivity index (χ3n) is 10.0. The fourth-order valence-corrected chi connectivity index (χ4v) is 8.01. The van der Waals surface area contributed by atoms with Crippen molar-refractivity contribution >= 4 is 65.2 Å². The Bertz CT molecular complexity index is 2630. The van der Waals surface area contributed by atoms with Crippen LogP contribution in [-0.2, 0) is 13.1 Å². The molecule has 0 aliphatic heterocycles. The highest BCUT2D eigenvalue weighted by Gasteiger charge is 2.17. The fourth-order valence-electron chi connectivity index (χ4n) is 8.01. The second-order valence-electron chi connectivity index (χ2n) is 12.3. The van der Waals surface area contributed by atoms with Crippen molar-refractivity contribution < 1.29 is 0 Å². The van der Waals surface area contributed by atoms with Crippen LogP contribution < -0.4 is 0 Å². The summed E-state index contributed by atoms with van der Waals surface area (Å²) in [6, 6.07) is 47.6. The molecule has 0 saturated heterocycles. The molecule has 0 bridgehead atoms. The number of rotatable bonds is 4. The molecular formula is C43H34N2. The van der Waals surface area contributed by atoms with Gasteiger partial charge in [-0.1, -0.05) is 103 Å². The van der Waals surface area contributed by atoms with E-state index in [-0.39, 0.29) is 0 Å². The molecule has 2 heterocycles. The monoisotopic (exact) mass is 578 g/mol. The minimum absolute atomic E-state index is 0.934. The predicted octanol–water partition coefficient (Wildman–Crippen LogP) is 11.9. The normalized spacial score (nSPS) is 12.1. The Labute approximate surface area is 262 Å². The van der Waals surface area contributed by atoms with Crippen molar-refractivity contribution in [2.75, 3.05) is 0 Å². The zero-order valence-corrected chi connectivity index (χ0v) is 25.9. The van der Waals surface area contributed by atoms with E-state index < -0.39 is 0 Å². The van der Waals surface area contributed by atoms with Gasteiger partial charge in [-0.2, -0.15) is 0 Å². The highest BCUT2D eigenvalue weighted by molar-refractivity contribution is 6.19. The second-order valence-corrected chi connectivity index (χ2v) is 12.3. The van der Waals surface area contributed by atoms with Gasteiger partial charge >= 0.3 is 0 Å². The van der Waals surface area contributed by atoms with Crippen molar-refractivity contribution in [2.45, 2.75) is 33.9 Å². The van der Waals surface area contributed by atoms with E-state index in [0.29, 0.717) is 0 Å². The van der Waals surface area contributed by atoms with Crippen molar-refractivity contribution in [3.63, 3.8) is 0 Å². The van der Waals surface area contributed by atoms with Gasteiger partial charge in [0.15, 0.2) is 0 Å². The van der Waals surface area contributed by atoms with E-state index in [2.05, 4.69) is 157 Å². The number of hydrogen-bond acceptors (Lipinski definition) is 0. The number of para-hydroxylation sites is 2. The molecule has 2 nitrogen and oxygen atoms in total. The van der Waals surface area contributed by atoms with Crippen LogP contribution in [0.2, 0.25) is 0 Å². The highest BCUT2D eigenvalue weighted by Crippen LogP contribution is 2.41. The molecule has 0 fully saturated rings. The van der Waals surface area contributed by atoms with Crippen LogP contribution in [0.1, 0.15) is 19.4 Å². The third kappa shape index (κ3) is 3.69. The molecule has 0 atom stereocenters. The van der Waals surface area contributed by atoms with Gasteiger partial charge in [-0.25, -0.2) is 0 Å². The van der Waals surface area contributed by atoms with Gasteiger partial charge in [0.05, 0.1) is 11.0 Å². The number of nitrogens with zero attached hydrogens (tertiary/aromatic N) is 2. The second kappa shape index (κ2) is 9.84. The molecule has 0 unspecified atom stereocenters. The lowest BCUT2D eigenvalue weighted by Crippen LogP contribution is -1.95. The number of aromatic nitrogens is 2. The summed E-state index contributed by atoms with van der Waals surface area (Å²) in [6.07, 6.45) is 0. The van der Waals surface area contributed by atoms with E-state index in [0.717, 1.165) is 13.1 Å². The van der Waals surface area contributed by atoms with Crippen LogP contribution in [0.3, 0.4) is 0 Å². The lowest BCUT2D eigenvalue weighted by atomic mass is 9.89. The van der Waals surface area contributed by atoms with Crippen molar-refractivity contribution in [3.8, 4) is 22.3 Å². The van der Waals surface area contributed by atoms with E-state index in [9.17, 15) is 0 Å². The molecule has 216 valence electrons. The molecule has 0 radical (unpaired) electrons. The van der Waals surface area contributed by atoms with Gasteiger partial charge in [0, 0.05) is 56.4 Å². The van der Waals surface area contributed by atoms with Crippen LogP contribution in [0.25, 0.3) is 87.4 Å². The average molecular weight is 579 g/mol. The van der Waals surface area contributed by atoms with Crippen molar-refractivity contribution in [2.24, 2.45) is 0 Å². The van der Waals surface area contributed by atoms with Crippen LogP contribution in [0.5, 0.6) is 0 Å². The molecule has 0 saturated carbocycles. The summed E-state index contributed by atoms with van der Waals surface area (Å²) in [6.45, 7) is 8.62. The van der Waals surface area contributed by atoms with Crippen LogP contribution in [-0.4, -0.2) is 9.13 Å². The average Bonchev–Trinajstić information content (AvgIpc) is 3.60. The van der Waals surface area contributed by atoms with E-state index >= 15 is 0 Å². The summed E-state index contributed by atoms with van der Waals surface area (Å²) < 4.78 is 4.96.